The predicted molar refractivity (Wildman–Crippen MR) is 114 cm³/mol. The lowest BCUT2D eigenvalue weighted by molar-refractivity contribution is -0.119. The van der Waals surface area contributed by atoms with Crippen LogP contribution in [0.2, 0.25) is 0 Å². The first kappa shape index (κ1) is 20.3. The molecule has 0 saturated carbocycles. The predicted octanol–water partition coefficient (Wildman–Crippen LogP) is 4.13. The van der Waals surface area contributed by atoms with Gasteiger partial charge in [-0.15, -0.1) is 0 Å². The maximum atomic E-state index is 12.9. The Bertz CT molecular complexity index is 1090. The fraction of sp³-hybridized carbons (Fsp3) is 0.261. The maximum absolute atomic E-state index is 12.9. The lowest BCUT2D eigenvalue weighted by atomic mass is 10.0. The first-order chi connectivity index (χ1) is 13.9. The van der Waals surface area contributed by atoms with Crippen LogP contribution in [0.5, 0.6) is 5.75 Å². The van der Waals surface area contributed by atoms with Gasteiger partial charge in [0.1, 0.15) is 11.8 Å². The van der Waals surface area contributed by atoms with Gasteiger partial charge in [-0.25, -0.2) is 4.68 Å². The fourth-order valence-corrected chi connectivity index (χ4v) is 3.20. The molecule has 0 saturated heterocycles. The average molecular weight is 391 g/mol. The molecular formula is C23H25N3O3. The van der Waals surface area contributed by atoms with Gasteiger partial charge in [0.05, 0.1) is 12.8 Å². The van der Waals surface area contributed by atoms with E-state index in [9.17, 15) is 9.59 Å². The van der Waals surface area contributed by atoms with Crippen molar-refractivity contribution in [1.29, 1.82) is 0 Å². The molecule has 29 heavy (non-hydrogen) atoms. The molecule has 0 radical (unpaired) electrons. The number of carbonyl (C=O) groups excluding carboxylic acids is 1. The molecule has 1 heterocycles. The molecular weight excluding hydrogens is 366 g/mol. The Hall–Kier alpha value is -3.41. The molecule has 0 spiro atoms. The van der Waals surface area contributed by atoms with Crippen LogP contribution in [0.25, 0.3) is 11.3 Å². The minimum Gasteiger partial charge on any atom is -0.497 e. The van der Waals surface area contributed by atoms with E-state index in [-0.39, 0.29) is 11.5 Å². The number of nitrogens with one attached hydrogen (secondary N) is 1. The summed E-state index contributed by atoms with van der Waals surface area (Å²) in [7, 11) is 1.57. The van der Waals surface area contributed by atoms with Crippen LogP contribution < -0.4 is 15.6 Å². The van der Waals surface area contributed by atoms with Gasteiger partial charge in [-0.05, 0) is 50.1 Å². The Balaban J connectivity index is 1.95. The molecule has 3 aromatic rings. The van der Waals surface area contributed by atoms with Crippen molar-refractivity contribution in [2.24, 2.45) is 0 Å². The number of anilines is 1. The summed E-state index contributed by atoms with van der Waals surface area (Å²) in [5.41, 5.74) is 4.06. The summed E-state index contributed by atoms with van der Waals surface area (Å²) < 4.78 is 6.46. The quantitative estimate of drug-likeness (QED) is 0.686. The van der Waals surface area contributed by atoms with Crippen LogP contribution >= 0.6 is 0 Å². The van der Waals surface area contributed by atoms with Gasteiger partial charge in [0.2, 0.25) is 5.91 Å². The van der Waals surface area contributed by atoms with Crippen molar-refractivity contribution in [1.82, 2.24) is 9.78 Å². The van der Waals surface area contributed by atoms with E-state index in [0.717, 1.165) is 16.7 Å². The number of hydrogen-bond acceptors (Lipinski definition) is 4. The van der Waals surface area contributed by atoms with Gasteiger partial charge in [-0.3, -0.25) is 9.59 Å². The van der Waals surface area contributed by atoms with Crippen LogP contribution in [-0.4, -0.2) is 22.8 Å². The number of hydrogen-bond donors (Lipinski definition) is 1. The van der Waals surface area contributed by atoms with E-state index in [2.05, 4.69) is 10.4 Å². The van der Waals surface area contributed by atoms with Gasteiger partial charge in [-0.2, -0.15) is 5.10 Å². The highest BCUT2D eigenvalue weighted by molar-refractivity contribution is 5.93. The minimum absolute atomic E-state index is 0.298. The van der Waals surface area contributed by atoms with Crippen LogP contribution in [0.15, 0.2) is 59.4 Å². The van der Waals surface area contributed by atoms with Crippen molar-refractivity contribution in [2.75, 3.05) is 12.4 Å². The number of methoxy groups -OCH3 is 1. The van der Waals surface area contributed by atoms with Crippen LogP contribution in [-0.2, 0) is 4.79 Å². The summed E-state index contributed by atoms with van der Waals surface area (Å²) >= 11 is 0. The van der Waals surface area contributed by atoms with E-state index < -0.39 is 6.04 Å². The number of aryl methyl sites for hydroxylation is 2. The highest BCUT2D eigenvalue weighted by Crippen LogP contribution is 2.23. The Labute approximate surface area is 170 Å². The summed E-state index contributed by atoms with van der Waals surface area (Å²) in [6.45, 7) is 5.86. The van der Waals surface area contributed by atoms with Crippen LogP contribution in [0, 0.1) is 13.8 Å². The normalized spacial score (nSPS) is 11.7. The van der Waals surface area contributed by atoms with Gasteiger partial charge in [0.15, 0.2) is 0 Å². The first-order valence-corrected chi connectivity index (χ1v) is 9.55. The topological polar surface area (TPSA) is 73.2 Å². The van der Waals surface area contributed by atoms with Gasteiger partial charge in [0.25, 0.3) is 5.56 Å². The number of aromatic nitrogens is 2. The van der Waals surface area contributed by atoms with Crippen molar-refractivity contribution in [3.05, 3.63) is 76.1 Å². The summed E-state index contributed by atoms with van der Waals surface area (Å²) in [5.74, 6) is 0.344. The largest absolute Gasteiger partial charge is 0.497 e. The third-order valence-corrected chi connectivity index (χ3v) is 4.82. The van der Waals surface area contributed by atoms with E-state index in [1.54, 1.807) is 37.4 Å². The molecule has 0 fully saturated rings. The Morgan fingerprint density at radius 1 is 1.14 bits per heavy atom. The van der Waals surface area contributed by atoms with E-state index in [1.165, 1.54) is 10.7 Å². The second-order valence-electron chi connectivity index (χ2n) is 6.97. The van der Waals surface area contributed by atoms with Gasteiger partial charge in [-0.1, -0.05) is 30.7 Å². The molecule has 3 rings (SSSR count). The summed E-state index contributed by atoms with van der Waals surface area (Å²) in [6, 6.07) is 15.6. The lowest BCUT2D eigenvalue weighted by Crippen LogP contribution is -2.34. The first-order valence-electron chi connectivity index (χ1n) is 9.55. The monoisotopic (exact) mass is 391 g/mol. The molecule has 1 N–H and O–H groups in total. The SMILES string of the molecule is CCC(C(=O)Nc1cccc(OC)c1)n1nc(-c2cc(C)ccc2C)ccc1=O. The van der Waals surface area contributed by atoms with Gasteiger partial charge in [0, 0.05) is 23.4 Å². The van der Waals surface area contributed by atoms with E-state index >= 15 is 0 Å². The van der Waals surface area contributed by atoms with E-state index in [1.807, 2.05) is 39.0 Å². The van der Waals surface area contributed by atoms with Crippen molar-refractivity contribution in [2.45, 2.75) is 33.2 Å². The highest BCUT2D eigenvalue weighted by atomic mass is 16.5. The molecule has 1 atom stereocenters. The van der Waals surface area contributed by atoms with E-state index in [4.69, 9.17) is 4.74 Å². The number of amides is 1. The van der Waals surface area contributed by atoms with Crippen molar-refractivity contribution < 1.29 is 9.53 Å². The molecule has 0 aliphatic carbocycles. The van der Waals surface area contributed by atoms with Gasteiger partial charge < -0.3 is 10.1 Å². The lowest BCUT2D eigenvalue weighted by Gasteiger charge is -2.18. The molecule has 150 valence electrons. The number of nitrogens with zero attached hydrogens (tertiary/aromatic N) is 2. The van der Waals surface area contributed by atoms with Crippen LogP contribution in [0.3, 0.4) is 0 Å². The third kappa shape index (κ3) is 4.54. The van der Waals surface area contributed by atoms with E-state index in [0.29, 0.717) is 23.6 Å². The minimum atomic E-state index is -0.723. The van der Waals surface area contributed by atoms with Crippen molar-refractivity contribution >= 4 is 11.6 Å². The van der Waals surface area contributed by atoms with Crippen LogP contribution in [0.1, 0.15) is 30.5 Å². The molecule has 6 heteroatoms. The standard InChI is InChI=1S/C23H25N3O3/c1-5-21(23(28)24-17-7-6-8-18(14-17)29-4)26-22(27)12-11-20(25-26)19-13-15(2)9-10-16(19)3/h6-14,21H,5H2,1-4H3,(H,24,28). The zero-order valence-corrected chi connectivity index (χ0v) is 17.1. The Morgan fingerprint density at radius 2 is 1.93 bits per heavy atom. The molecule has 1 unspecified atom stereocenters. The van der Waals surface area contributed by atoms with Gasteiger partial charge >= 0.3 is 0 Å². The zero-order chi connectivity index (χ0) is 21.0. The zero-order valence-electron chi connectivity index (χ0n) is 17.1. The molecule has 2 aromatic carbocycles. The Kier molecular flexibility index (Phi) is 6.12. The van der Waals surface area contributed by atoms with Crippen molar-refractivity contribution in [3.8, 4) is 17.0 Å². The highest BCUT2D eigenvalue weighted by Gasteiger charge is 2.22. The third-order valence-electron chi connectivity index (χ3n) is 4.82. The maximum Gasteiger partial charge on any atom is 0.267 e. The smallest absolute Gasteiger partial charge is 0.267 e. The molecule has 0 aliphatic heterocycles. The number of rotatable bonds is 6. The molecule has 1 aromatic heterocycles. The molecule has 1 amide bonds. The summed E-state index contributed by atoms with van der Waals surface area (Å²) in [4.78, 5) is 25.4. The molecule has 0 aliphatic rings. The second kappa shape index (κ2) is 8.73. The molecule has 0 bridgehead atoms. The average Bonchev–Trinajstić information content (AvgIpc) is 2.72. The fourth-order valence-electron chi connectivity index (χ4n) is 3.20. The summed E-state index contributed by atoms with van der Waals surface area (Å²) in [5, 5.41) is 7.39. The number of carbonyl (C=O) groups is 1. The second-order valence-corrected chi connectivity index (χ2v) is 6.97. The van der Waals surface area contributed by atoms with Crippen LogP contribution in [0.4, 0.5) is 5.69 Å². The van der Waals surface area contributed by atoms with Crippen molar-refractivity contribution in [3.63, 3.8) is 0 Å². The number of ether oxygens (including phenoxy) is 1. The Morgan fingerprint density at radius 3 is 2.66 bits per heavy atom. The molecule has 6 nitrogen and oxygen atoms in total. The number of benzene rings is 2. The summed E-state index contributed by atoms with van der Waals surface area (Å²) in [6.07, 6.45) is 0.430.